The molecular formula is C16H14O. The van der Waals surface area contributed by atoms with Crippen molar-refractivity contribution in [3.63, 3.8) is 0 Å². The molecule has 0 saturated carbocycles. The minimum Gasteiger partial charge on any atom is -0.374 e. The molecule has 0 aliphatic carbocycles. The maximum Gasteiger partial charge on any atom is 0.147 e. The number of aliphatic hydroxyl groups is 1. The van der Waals surface area contributed by atoms with E-state index < -0.39 is 5.60 Å². The van der Waals surface area contributed by atoms with Gasteiger partial charge in [-0.05, 0) is 23.6 Å². The average Bonchev–Trinajstić information content (AvgIpc) is 2.40. The summed E-state index contributed by atoms with van der Waals surface area (Å²) in [6, 6.07) is 17.8. The summed E-state index contributed by atoms with van der Waals surface area (Å²) in [7, 11) is 0. The standard InChI is InChI=1S/C16H14O/c1-3-16(2,17)15-11-9-14(10-12-15)13-7-5-4-6-8-13/h1,4-12,17H,2H3. The highest BCUT2D eigenvalue weighted by Gasteiger charge is 2.18. The van der Waals surface area contributed by atoms with E-state index in [1.54, 1.807) is 6.92 Å². The van der Waals surface area contributed by atoms with Crippen LogP contribution < -0.4 is 0 Å². The van der Waals surface area contributed by atoms with Gasteiger partial charge in [0.25, 0.3) is 0 Å². The quantitative estimate of drug-likeness (QED) is 0.774. The molecule has 0 amide bonds. The van der Waals surface area contributed by atoms with E-state index in [1.807, 2.05) is 54.6 Å². The fourth-order valence-electron chi connectivity index (χ4n) is 1.70. The molecule has 1 heteroatoms. The highest BCUT2D eigenvalue weighted by molar-refractivity contribution is 5.63. The molecule has 0 aliphatic rings. The largest absolute Gasteiger partial charge is 0.374 e. The monoisotopic (exact) mass is 222 g/mol. The zero-order valence-corrected chi connectivity index (χ0v) is 9.72. The van der Waals surface area contributed by atoms with Crippen molar-refractivity contribution in [3.8, 4) is 23.5 Å². The van der Waals surface area contributed by atoms with E-state index in [1.165, 1.54) is 0 Å². The lowest BCUT2D eigenvalue weighted by molar-refractivity contribution is 0.122. The number of hydrogen-bond donors (Lipinski definition) is 1. The zero-order valence-electron chi connectivity index (χ0n) is 9.72. The van der Waals surface area contributed by atoms with Gasteiger partial charge in [-0.25, -0.2) is 0 Å². The topological polar surface area (TPSA) is 20.2 Å². The molecule has 2 rings (SSSR count). The predicted octanol–water partition coefficient (Wildman–Crippen LogP) is 3.19. The molecule has 0 heterocycles. The fourth-order valence-corrected chi connectivity index (χ4v) is 1.70. The summed E-state index contributed by atoms with van der Waals surface area (Å²) in [6.07, 6.45) is 5.29. The van der Waals surface area contributed by atoms with Crippen molar-refractivity contribution in [1.29, 1.82) is 0 Å². The van der Waals surface area contributed by atoms with Gasteiger partial charge >= 0.3 is 0 Å². The number of hydrogen-bond acceptors (Lipinski definition) is 1. The van der Waals surface area contributed by atoms with Crippen LogP contribution in [0.3, 0.4) is 0 Å². The summed E-state index contributed by atoms with van der Waals surface area (Å²) in [5.74, 6) is 2.37. The summed E-state index contributed by atoms with van der Waals surface area (Å²) < 4.78 is 0. The van der Waals surface area contributed by atoms with Gasteiger partial charge in [0.1, 0.15) is 5.60 Å². The summed E-state index contributed by atoms with van der Waals surface area (Å²) >= 11 is 0. The molecule has 1 atom stereocenters. The van der Waals surface area contributed by atoms with Crippen molar-refractivity contribution < 1.29 is 5.11 Å². The zero-order chi connectivity index (χ0) is 12.3. The average molecular weight is 222 g/mol. The Labute approximate surface area is 102 Å². The van der Waals surface area contributed by atoms with Crippen LogP contribution in [0.15, 0.2) is 54.6 Å². The predicted molar refractivity (Wildman–Crippen MR) is 70.3 cm³/mol. The molecule has 2 aromatic rings. The van der Waals surface area contributed by atoms with Gasteiger partial charge in [0.2, 0.25) is 0 Å². The van der Waals surface area contributed by atoms with Gasteiger partial charge in [-0.3, -0.25) is 0 Å². The second kappa shape index (κ2) is 4.45. The van der Waals surface area contributed by atoms with Gasteiger partial charge in [-0.15, -0.1) is 6.42 Å². The molecule has 0 spiro atoms. The third-order valence-electron chi connectivity index (χ3n) is 2.84. The highest BCUT2D eigenvalue weighted by Crippen LogP contribution is 2.24. The Kier molecular flexibility index (Phi) is 2.99. The highest BCUT2D eigenvalue weighted by atomic mass is 16.3. The van der Waals surface area contributed by atoms with Crippen LogP contribution in [-0.4, -0.2) is 5.11 Å². The molecule has 0 aliphatic heterocycles. The van der Waals surface area contributed by atoms with Gasteiger partial charge in [0, 0.05) is 0 Å². The summed E-state index contributed by atoms with van der Waals surface area (Å²) in [5, 5.41) is 9.92. The van der Waals surface area contributed by atoms with Crippen LogP contribution in [-0.2, 0) is 5.60 Å². The van der Waals surface area contributed by atoms with E-state index in [9.17, 15) is 5.11 Å². The first-order valence-electron chi connectivity index (χ1n) is 5.49. The van der Waals surface area contributed by atoms with Crippen LogP contribution in [0.2, 0.25) is 0 Å². The Bertz CT molecular complexity index is 530. The first kappa shape index (κ1) is 11.4. The Morgan fingerprint density at radius 2 is 1.47 bits per heavy atom. The van der Waals surface area contributed by atoms with Crippen LogP contribution in [0.4, 0.5) is 0 Å². The minimum atomic E-state index is -1.20. The molecule has 0 fully saturated rings. The number of rotatable bonds is 2. The van der Waals surface area contributed by atoms with Crippen LogP contribution in [0.1, 0.15) is 12.5 Å². The van der Waals surface area contributed by atoms with Crippen LogP contribution in [0.5, 0.6) is 0 Å². The van der Waals surface area contributed by atoms with Crippen molar-refractivity contribution in [2.45, 2.75) is 12.5 Å². The van der Waals surface area contributed by atoms with E-state index in [0.717, 1.165) is 16.7 Å². The van der Waals surface area contributed by atoms with Crippen LogP contribution in [0, 0.1) is 12.3 Å². The summed E-state index contributed by atoms with van der Waals surface area (Å²) in [4.78, 5) is 0. The molecule has 0 aromatic heterocycles. The molecular weight excluding hydrogens is 208 g/mol. The molecule has 1 N–H and O–H groups in total. The van der Waals surface area contributed by atoms with Crippen molar-refractivity contribution in [2.24, 2.45) is 0 Å². The summed E-state index contributed by atoms with van der Waals surface area (Å²) in [5.41, 5.74) is 1.80. The molecule has 0 radical (unpaired) electrons. The normalized spacial score (nSPS) is 13.7. The van der Waals surface area contributed by atoms with Gasteiger partial charge in [0.05, 0.1) is 0 Å². The number of terminal acetylenes is 1. The van der Waals surface area contributed by atoms with Crippen molar-refractivity contribution >= 4 is 0 Å². The molecule has 17 heavy (non-hydrogen) atoms. The lowest BCUT2D eigenvalue weighted by atomic mass is 9.94. The first-order chi connectivity index (χ1) is 8.13. The van der Waals surface area contributed by atoms with Crippen molar-refractivity contribution in [1.82, 2.24) is 0 Å². The Morgan fingerprint density at radius 3 is 2.00 bits per heavy atom. The van der Waals surface area contributed by atoms with Gasteiger partial charge in [-0.1, -0.05) is 60.5 Å². The van der Waals surface area contributed by atoms with Gasteiger partial charge in [-0.2, -0.15) is 0 Å². The van der Waals surface area contributed by atoms with Crippen LogP contribution in [0.25, 0.3) is 11.1 Å². The third kappa shape index (κ3) is 2.38. The van der Waals surface area contributed by atoms with Gasteiger partial charge < -0.3 is 5.11 Å². The van der Waals surface area contributed by atoms with E-state index in [4.69, 9.17) is 6.42 Å². The molecule has 84 valence electrons. The van der Waals surface area contributed by atoms with E-state index in [-0.39, 0.29) is 0 Å². The second-order valence-corrected chi connectivity index (χ2v) is 4.16. The van der Waals surface area contributed by atoms with E-state index in [0.29, 0.717) is 0 Å². The minimum absolute atomic E-state index is 0.736. The van der Waals surface area contributed by atoms with Crippen LogP contribution >= 0.6 is 0 Å². The maximum absolute atomic E-state index is 9.92. The molecule has 0 saturated heterocycles. The molecule has 0 bridgehead atoms. The first-order valence-corrected chi connectivity index (χ1v) is 5.49. The Balaban J connectivity index is 2.35. The third-order valence-corrected chi connectivity index (χ3v) is 2.84. The lowest BCUT2D eigenvalue weighted by Crippen LogP contribution is -2.17. The van der Waals surface area contributed by atoms with Crippen molar-refractivity contribution in [3.05, 3.63) is 60.2 Å². The lowest BCUT2D eigenvalue weighted by Gasteiger charge is -2.16. The fraction of sp³-hybridized carbons (Fsp3) is 0.125. The van der Waals surface area contributed by atoms with Gasteiger partial charge in [0.15, 0.2) is 0 Å². The molecule has 1 nitrogen and oxygen atoms in total. The van der Waals surface area contributed by atoms with E-state index in [2.05, 4.69) is 5.92 Å². The molecule has 1 unspecified atom stereocenters. The Morgan fingerprint density at radius 1 is 0.941 bits per heavy atom. The number of benzene rings is 2. The summed E-state index contributed by atoms with van der Waals surface area (Å²) in [6.45, 7) is 1.62. The Hall–Kier alpha value is -2.04. The molecule has 2 aromatic carbocycles. The van der Waals surface area contributed by atoms with E-state index >= 15 is 0 Å². The second-order valence-electron chi connectivity index (χ2n) is 4.16. The SMILES string of the molecule is C#CC(C)(O)c1ccc(-c2ccccc2)cc1. The van der Waals surface area contributed by atoms with Crippen molar-refractivity contribution in [2.75, 3.05) is 0 Å². The maximum atomic E-state index is 9.92. The smallest absolute Gasteiger partial charge is 0.147 e.